The number of nitrogens with one attached hydrogen (secondary N) is 2. The van der Waals surface area contributed by atoms with E-state index >= 15 is 0 Å². The molecular weight excluding hydrogens is 192 g/mol. The van der Waals surface area contributed by atoms with Crippen LogP contribution in [0, 0.1) is 5.41 Å². The summed E-state index contributed by atoms with van der Waals surface area (Å²) in [6.07, 6.45) is 1.80. The summed E-state index contributed by atoms with van der Waals surface area (Å²) in [6, 6.07) is 3.55. The largest absolute Gasteiger partial charge is 0.382 e. The second-order valence-electron chi connectivity index (χ2n) is 3.27. The van der Waals surface area contributed by atoms with Crippen LogP contribution < -0.4 is 11.1 Å². The van der Waals surface area contributed by atoms with Crippen molar-refractivity contribution >= 4 is 11.5 Å². The Morgan fingerprint density at radius 3 is 2.87 bits per heavy atom. The van der Waals surface area contributed by atoms with Crippen molar-refractivity contribution in [2.75, 3.05) is 19.0 Å². The number of amidine groups is 1. The van der Waals surface area contributed by atoms with Gasteiger partial charge in [0.25, 0.3) is 0 Å². The minimum absolute atomic E-state index is 0.0215. The second kappa shape index (κ2) is 5.31. The molecule has 0 amide bonds. The number of anilines is 1. The Bertz CT molecular complexity index is 323. The number of hydrogen-bond acceptors (Lipinski definition) is 4. The minimum Gasteiger partial charge on any atom is -0.382 e. The van der Waals surface area contributed by atoms with Crippen molar-refractivity contribution in [1.29, 1.82) is 5.41 Å². The summed E-state index contributed by atoms with van der Waals surface area (Å²) in [5.74, 6) is -0.0215. The van der Waals surface area contributed by atoms with Gasteiger partial charge in [-0.3, -0.25) is 10.4 Å². The first-order chi connectivity index (χ1) is 7.13. The van der Waals surface area contributed by atoms with Gasteiger partial charge in [-0.1, -0.05) is 0 Å². The number of rotatable bonds is 5. The Hall–Kier alpha value is -1.62. The van der Waals surface area contributed by atoms with E-state index in [1.807, 2.05) is 13.0 Å². The smallest absolute Gasteiger partial charge is 0.141 e. The topological polar surface area (TPSA) is 84.0 Å². The number of methoxy groups -OCH3 is 1. The fraction of sp³-hybridized carbons (Fsp3) is 0.400. The first-order valence-corrected chi connectivity index (χ1v) is 4.70. The first kappa shape index (κ1) is 11.5. The normalized spacial score (nSPS) is 12.1. The Kier molecular flexibility index (Phi) is 4.05. The standard InChI is InChI=1S/C10H16N4O/c1-7(15-2)5-13-8-3-4-9(10(11)12)14-6-8/h3-4,6-7,13H,5H2,1-2H3,(H3,11,12). The highest BCUT2D eigenvalue weighted by Gasteiger charge is 2.00. The predicted molar refractivity (Wildman–Crippen MR) is 60.2 cm³/mol. The highest BCUT2D eigenvalue weighted by Crippen LogP contribution is 2.05. The molecule has 82 valence electrons. The molecule has 0 radical (unpaired) electrons. The second-order valence-corrected chi connectivity index (χ2v) is 3.27. The van der Waals surface area contributed by atoms with Crippen LogP contribution in [-0.4, -0.2) is 30.6 Å². The van der Waals surface area contributed by atoms with E-state index in [2.05, 4.69) is 10.3 Å². The predicted octanol–water partition coefficient (Wildman–Crippen LogP) is 0.812. The maximum Gasteiger partial charge on any atom is 0.141 e. The van der Waals surface area contributed by atoms with Crippen molar-refractivity contribution in [2.45, 2.75) is 13.0 Å². The number of nitrogens with two attached hydrogens (primary N) is 1. The van der Waals surface area contributed by atoms with E-state index in [-0.39, 0.29) is 11.9 Å². The minimum atomic E-state index is -0.0215. The Labute approximate surface area is 89.2 Å². The van der Waals surface area contributed by atoms with Gasteiger partial charge in [-0.05, 0) is 19.1 Å². The average Bonchev–Trinajstić information content (AvgIpc) is 2.26. The molecule has 0 aliphatic heterocycles. The summed E-state index contributed by atoms with van der Waals surface area (Å²) in [5, 5.41) is 10.3. The van der Waals surface area contributed by atoms with Crippen molar-refractivity contribution in [3.05, 3.63) is 24.0 Å². The lowest BCUT2D eigenvalue weighted by Gasteiger charge is -2.11. The molecule has 1 heterocycles. The van der Waals surface area contributed by atoms with Gasteiger partial charge in [0.1, 0.15) is 11.5 Å². The third-order valence-electron chi connectivity index (χ3n) is 2.04. The van der Waals surface area contributed by atoms with Crippen LogP contribution in [0.1, 0.15) is 12.6 Å². The molecular formula is C10H16N4O. The molecule has 5 nitrogen and oxygen atoms in total. The molecule has 0 spiro atoms. The zero-order chi connectivity index (χ0) is 11.3. The van der Waals surface area contributed by atoms with Gasteiger partial charge in [-0.15, -0.1) is 0 Å². The molecule has 0 saturated carbocycles. The molecule has 5 heteroatoms. The summed E-state index contributed by atoms with van der Waals surface area (Å²) in [5.41, 5.74) is 6.67. The highest BCUT2D eigenvalue weighted by atomic mass is 16.5. The van der Waals surface area contributed by atoms with Crippen LogP contribution >= 0.6 is 0 Å². The monoisotopic (exact) mass is 208 g/mol. The molecule has 15 heavy (non-hydrogen) atoms. The molecule has 0 aliphatic rings. The van der Waals surface area contributed by atoms with Gasteiger partial charge in [0.2, 0.25) is 0 Å². The molecule has 0 fully saturated rings. The lowest BCUT2D eigenvalue weighted by Crippen LogP contribution is -2.18. The molecule has 0 saturated heterocycles. The zero-order valence-corrected chi connectivity index (χ0v) is 8.95. The van der Waals surface area contributed by atoms with Crippen LogP contribution in [0.15, 0.2) is 18.3 Å². The molecule has 1 unspecified atom stereocenters. The SMILES string of the molecule is COC(C)CNc1ccc(C(=N)N)nc1. The van der Waals surface area contributed by atoms with Crippen LogP contribution in [-0.2, 0) is 4.74 Å². The molecule has 0 bridgehead atoms. The van der Waals surface area contributed by atoms with E-state index in [4.69, 9.17) is 15.9 Å². The maximum atomic E-state index is 7.18. The van der Waals surface area contributed by atoms with E-state index in [9.17, 15) is 0 Å². The average molecular weight is 208 g/mol. The van der Waals surface area contributed by atoms with Gasteiger partial charge < -0.3 is 15.8 Å². The lowest BCUT2D eigenvalue weighted by molar-refractivity contribution is 0.129. The van der Waals surface area contributed by atoms with Gasteiger partial charge >= 0.3 is 0 Å². The van der Waals surface area contributed by atoms with Gasteiger partial charge in [-0.25, -0.2) is 0 Å². The third-order valence-corrected chi connectivity index (χ3v) is 2.04. The molecule has 0 aliphatic carbocycles. The summed E-state index contributed by atoms with van der Waals surface area (Å²) in [7, 11) is 1.67. The first-order valence-electron chi connectivity index (χ1n) is 4.70. The van der Waals surface area contributed by atoms with E-state index in [0.717, 1.165) is 12.2 Å². The summed E-state index contributed by atoms with van der Waals surface area (Å²) >= 11 is 0. The Balaban J connectivity index is 2.53. The molecule has 1 aromatic heterocycles. The molecule has 0 aromatic carbocycles. The van der Waals surface area contributed by atoms with Gasteiger partial charge in [0, 0.05) is 13.7 Å². The molecule has 1 aromatic rings. The van der Waals surface area contributed by atoms with E-state index in [1.54, 1.807) is 19.4 Å². The fourth-order valence-corrected chi connectivity index (χ4v) is 1.00. The highest BCUT2D eigenvalue weighted by molar-refractivity contribution is 5.93. The number of pyridine rings is 1. The maximum absolute atomic E-state index is 7.18. The summed E-state index contributed by atoms with van der Waals surface area (Å²) < 4.78 is 5.10. The van der Waals surface area contributed by atoms with Crippen LogP contribution in [0.4, 0.5) is 5.69 Å². The number of ether oxygens (including phenoxy) is 1. The van der Waals surface area contributed by atoms with Gasteiger partial charge in [0.15, 0.2) is 0 Å². The number of nitrogen functional groups attached to an aromatic ring is 1. The van der Waals surface area contributed by atoms with Gasteiger partial charge in [-0.2, -0.15) is 0 Å². The fourth-order valence-electron chi connectivity index (χ4n) is 1.00. The quantitative estimate of drug-likeness (QED) is 0.494. The van der Waals surface area contributed by atoms with E-state index in [1.165, 1.54) is 0 Å². The van der Waals surface area contributed by atoms with Crippen molar-refractivity contribution in [3.63, 3.8) is 0 Å². The number of nitrogens with zero attached hydrogens (tertiary/aromatic N) is 1. The molecule has 1 rings (SSSR count). The van der Waals surface area contributed by atoms with Crippen LogP contribution in [0.5, 0.6) is 0 Å². The van der Waals surface area contributed by atoms with Gasteiger partial charge in [0.05, 0.1) is 18.0 Å². The van der Waals surface area contributed by atoms with Crippen LogP contribution in [0.3, 0.4) is 0 Å². The zero-order valence-electron chi connectivity index (χ0n) is 8.95. The van der Waals surface area contributed by atoms with E-state index in [0.29, 0.717) is 5.69 Å². The summed E-state index contributed by atoms with van der Waals surface area (Å²) in [4.78, 5) is 4.03. The third kappa shape index (κ3) is 3.55. The van der Waals surface area contributed by atoms with Crippen molar-refractivity contribution < 1.29 is 4.74 Å². The Morgan fingerprint density at radius 2 is 2.40 bits per heavy atom. The van der Waals surface area contributed by atoms with Crippen molar-refractivity contribution in [2.24, 2.45) is 5.73 Å². The number of hydrogen-bond donors (Lipinski definition) is 3. The van der Waals surface area contributed by atoms with Crippen LogP contribution in [0.25, 0.3) is 0 Å². The Morgan fingerprint density at radius 1 is 1.67 bits per heavy atom. The molecule has 1 atom stereocenters. The van der Waals surface area contributed by atoms with E-state index < -0.39 is 0 Å². The number of aromatic nitrogens is 1. The summed E-state index contributed by atoms with van der Waals surface area (Å²) in [6.45, 7) is 2.70. The molecule has 4 N–H and O–H groups in total. The lowest BCUT2D eigenvalue weighted by atomic mass is 10.3. The van der Waals surface area contributed by atoms with Crippen molar-refractivity contribution in [3.8, 4) is 0 Å². The van der Waals surface area contributed by atoms with Crippen molar-refractivity contribution in [1.82, 2.24) is 4.98 Å². The van der Waals surface area contributed by atoms with Crippen LogP contribution in [0.2, 0.25) is 0 Å².